The fourth-order valence-corrected chi connectivity index (χ4v) is 8.39. The molecule has 2 heterocycles. The number of piperidine rings is 2. The highest BCUT2D eigenvalue weighted by molar-refractivity contribution is 5.90. The molecular weight excluding hydrogens is 669 g/mol. The summed E-state index contributed by atoms with van der Waals surface area (Å²) >= 11 is 0. The van der Waals surface area contributed by atoms with Gasteiger partial charge in [-0.3, -0.25) is 19.2 Å². The van der Waals surface area contributed by atoms with E-state index in [1.807, 2.05) is 23.6 Å². The van der Waals surface area contributed by atoms with Crippen molar-refractivity contribution in [1.29, 1.82) is 0 Å². The van der Waals surface area contributed by atoms with E-state index < -0.39 is 0 Å². The molecule has 4 aromatic carbocycles. The number of ketones is 2. The summed E-state index contributed by atoms with van der Waals surface area (Å²) in [4.78, 5) is 56.6. The molecule has 0 N–H and O–H groups in total. The molecule has 4 fully saturated rings. The molecule has 2 aliphatic heterocycles. The number of carbonyl (C=O) groups excluding carboxylic acids is 4. The number of rotatable bonds is 6. The summed E-state index contributed by atoms with van der Waals surface area (Å²) in [5.41, 5.74) is 8.99. The molecule has 6 heteroatoms. The van der Waals surface area contributed by atoms with Gasteiger partial charge in [0.05, 0.1) is 24.2 Å². The van der Waals surface area contributed by atoms with E-state index in [4.69, 9.17) is 0 Å². The lowest BCUT2D eigenvalue weighted by molar-refractivity contribution is -0.149. The van der Waals surface area contributed by atoms with Gasteiger partial charge in [0, 0.05) is 36.5 Å². The minimum atomic E-state index is -0.189. The average Bonchev–Trinajstić information content (AvgIpc) is 4.09. The van der Waals surface area contributed by atoms with E-state index in [2.05, 4.69) is 125 Å². The molecule has 0 radical (unpaired) electrons. The standard InChI is InChI=1S/2C24H27NO2/c2*1-15-4-8-18(9-5-15)21-14-22(26)17(3)23(19-10-6-16(2)7-11-19)25(21)24(27)20-12-13-20/h2*4-11,17,20-21,23H,12-14H2,1-3H3/t2*17-,21+,23-/m10/s1. The highest BCUT2D eigenvalue weighted by Crippen LogP contribution is 2.48. The maximum Gasteiger partial charge on any atom is 0.226 e. The Morgan fingerprint density at radius 2 is 0.704 bits per heavy atom. The first-order chi connectivity index (χ1) is 25.9. The number of benzene rings is 4. The third-order valence-electron chi connectivity index (χ3n) is 12.1. The molecule has 2 amide bonds. The van der Waals surface area contributed by atoms with Gasteiger partial charge in [-0.2, -0.15) is 0 Å². The summed E-state index contributed by atoms with van der Waals surface area (Å²) < 4.78 is 0. The fraction of sp³-hybridized carbons (Fsp3) is 0.417. The Labute approximate surface area is 321 Å². The Morgan fingerprint density at radius 3 is 0.963 bits per heavy atom. The zero-order valence-electron chi connectivity index (χ0n) is 32.6. The van der Waals surface area contributed by atoms with Crippen LogP contribution in [0.4, 0.5) is 0 Å². The molecule has 6 atom stereocenters. The molecule has 4 aliphatic rings. The Balaban J connectivity index is 0.000000167. The molecule has 54 heavy (non-hydrogen) atoms. The number of amides is 2. The number of likely N-dealkylation sites (tertiary alicyclic amines) is 2. The molecule has 6 nitrogen and oxygen atoms in total. The van der Waals surface area contributed by atoms with E-state index in [9.17, 15) is 19.2 Å². The van der Waals surface area contributed by atoms with E-state index in [1.165, 1.54) is 22.3 Å². The van der Waals surface area contributed by atoms with E-state index >= 15 is 0 Å². The van der Waals surface area contributed by atoms with Crippen molar-refractivity contribution in [3.63, 3.8) is 0 Å². The topological polar surface area (TPSA) is 74.8 Å². The predicted molar refractivity (Wildman–Crippen MR) is 212 cm³/mol. The Hall–Kier alpha value is -4.84. The lowest BCUT2D eigenvalue weighted by Crippen LogP contribution is -2.48. The van der Waals surface area contributed by atoms with Crippen LogP contribution in [-0.4, -0.2) is 33.2 Å². The first kappa shape index (κ1) is 37.5. The molecule has 0 bridgehead atoms. The Bertz CT molecular complexity index is 1840. The predicted octanol–water partition coefficient (Wildman–Crippen LogP) is 9.87. The van der Waals surface area contributed by atoms with Crippen LogP contribution in [0.3, 0.4) is 0 Å². The van der Waals surface area contributed by atoms with Gasteiger partial charge in [-0.15, -0.1) is 0 Å². The summed E-state index contributed by atoms with van der Waals surface area (Å²) in [6, 6.07) is 32.4. The molecule has 2 saturated heterocycles. The third-order valence-corrected chi connectivity index (χ3v) is 12.1. The summed E-state index contributed by atoms with van der Waals surface area (Å²) in [6.07, 6.45) is 4.70. The molecule has 0 aromatic heterocycles. The van der Waals surface area contributed by atoms with Gasteiger partial charge in [-0.1, -0.05) is 133 Å². The zero-order chi connectivity index (χ0) is 38.3. The number of hydrogen-bond donors (Lipinski definition) is 0. The minimum Gasteiger partial charge on any atom is -0.327 e. The van der Waals surface area contributed by atoms with Crippen LogP contribution < -0.4 is 0 Å². The zero-order valence-corrected chi connectivity index (χ0v) is 32.6. The molecule has 4 aromatic rings. The SMILES string of the molecule is Cc1ccc([C@@H]2CC(=O)[C@@H](C)[C@H](c3ccc(C)cc3)N2C(=O)C2CC2)cc1.Cc1ccc([C@H]2CC(=O)[C@H](C)[C@@H](c3ccc(C)cc3)N2C(=O)C2CC2)cc1. The lowest BCUT2D eigenvalue weighted by atomic mass is 9.79. The van der Waals surface area contributed by atoms with E-state index in [0.29, 0.717) is 12.8 Å². The van der Waals surface area contributed by atoms with Gasteiger partial charge in [-0.25, -0.2) is 0 Å². The molecule has 2 saturated carbocycles. The second kappa shape index (κ2) is 15.5. The van der Waals surface area contributed by atoms with Crippen molar-refractivity contribution in [3.8, 4) is 0 Å². The summed E-state index contributed by atoms with van der Waals surface area (Å²) in [7, 11) is 0. The number of nitrogens with zero attached hydrogens (tertiary/aromatic N) is 2. The van der Waals surface area contributed by atoms with Crippen LogP contribution in [0.2, 0.25) is 0 Å². The summed E-state index contributed by atoms with van der Waals surface area (Å²) in [6.45, 7) is 12.2. The molecule has 0 spiro atoms. The van der Waals surface area contributed by atoms with Crippen molar-refractivity contribution < 1.29 is 19.2 Å². The van der Waals surface area contributed by atoms with Crippen molar-refractivity contribution in [3.05, 3.63) is 142 Å². The van der Waals surface area contributed by atoms with Crippen molar-refractivity contribution in [2.45, 2.75) is 104 Å². The highest BCUT2D eigenvalue weighted by Gasteiger charge is 2.49. The van der Waals surface area contributed by atoms with Gasteiger partial charge in [0.25, 0.3) is 0 Å². The maximum atomic E-state index is 13.3. The van der Waals surface area contributed by atoms with Crippen LogP contribution >= 0.6 is 0 Å². The first-order valence-corrected chi connectivity index (χ1v) is 19.9. The van der Waals surface area contributed by atoms with Crippen LogP contribution in [0.5, 0.6) is 0 Å². The second-order valence-electron chi connectivity index (χ2n) is 16.5. The largest absolute Gasteiger partial charge is 0.327 e. The number of carbonyl (C=O) groups is 4. The van der Waals surface area contributed by atoms with Crippen LogP contribution in [-0.2, 0) is 19.2 Å². The van der Waals surface area contributed by atoms with Gasteiger partial charge in [0.1, 0.15) is 11.6 Å². The van der Waals surface area contributed by atoms with Crippen LogP contribution in [0.1, 0.15) is 121 Å². The number of aryl methyl sites for hydroxylation is 4. The van der Waals surface area contributed by atoms with Crippen molar-refractivity contribution in [2.75, 3.05) is 0 Å². The number of Topliss-reactive ketones (excluding diaryl/α,β-unsaturated/α-hetero) is 2. The Kier molecular flexibility index (Phi) is 10.7. The van der Waals surface area contributed by atoms with Crippen molar-refractivity contribution >= 4 is 23.4 Å². The van der Waals surface area contributed by atoms with Crippen LogP contribution in [0, 0.1) is 51.4 Å². The summed E-state index contributed by atoms with van der Waals surface area (Å²) in [5, 5.41) is 0. The molecule has 0 unspecified atom stereocenters. The minimum absolute atomic E-state index is 0.131. The molecule has 2 aliphatic carbocycles. The van der Waals surface area contributed by atoms with Crippen LogP contribution in [0.25, 0.3) is 0 Å². The highest BCUT2D eigenvalue weighted by atomic mass is 16.2. The van der Waals surface area contributed by atoms with Gasteiger partial charge < -0.3 is 9.80 Å². The van der Waals surface area contributed by atoms with Crippen LogP contribution in [0.15, 0.2) is 97.1 Å². The smallest absolute Gasteiger partial charge is 0.226 e. The normalized spacial score (nSPS) is 25.5. The fourth-order valence-electron chi connectivity index (χ4n) is 8.39. The quantitative estimate of drug-likeness (QED) is 0.199. The van der Waals surface area contributed by atoms with Gasteiger partial charge >= 0.3 is 0 Å². The third kappa shape index (κ3) is 7.85. The van der Waals surface area contributed by atoms with Gasteiger partial charge in [0.2, 0.25) is 11.8 Å². The first-order valence-electron chi connectivity index (χ1n) is 19.9. The van der Waals surface area contributed by atoms with Crippen molar-refractivity contribution in [1.82, 2.24) is 9.80 Å². The molecule has 8 rings (SSSR count). The summed E-state index contributed by atoms with van der Waals surface area (Å²) in [5.74, 6) is 0.805. The monoisotopic (exact) mass is 722 g/mol. The number of hydrogen-bond acceptors (Lipinski definition) is 4. The molecular formula is C48H54N2O4. The van der Waals surface area contributed by atoms with Crippen molar-refractivity contribution in [2.24, 2.45) is 23.7 Å². The van der Waals surface area contributed by atoms with E-state index in [0.717, 1.165) is 47.9 Å². The van der Waals surface area contributed by atoms with E-state index in [-0.39, 0.29) is 71.2 Å². The average molecular weight is 723 g/mol. The lowest BCUT2D eigenvalue weighted by Gasteiger charge is -2.45. The molecule has 280 valence electrons. The maximum absolute atomic E-state index is 13.3. The van der Waals surface area contributed by atoms with Gasteiger partial charge in [0.15, 0.2) is 0 Å². The van der Waals surface area contributed by atoms with Gasteiger partial charge in [-0.05, 0) is 75.6 Å². The second-order valence-corrected chi connectivity index (χ2v) is 16.5. The Morgan fingerprint density at radius 1 is 0.444 bits per heavy atom. The van der Waals surface area contributed by atoms with E-state index in [1.54, 1.807) is 0 Å².